The summed E-state index contributed by atoms with van der Waals surface area (Å²) in [4.78, 5) is 16.4. The van der Waals surface area contributed by atoms with Gasteiger partial charge in [-0.3, -0.25) is 4.57 Å². The molecule has 2 aromatic carbocycles. The molecule has 0 aliphatic rings. The van der Waals surface area contributed by atoms with E-state index in [2.05, 4.69) is 26.2 Å². The van der Waals surface area contributed by atoms with Crippen LogP contribution in [0.25, 0.3) is 16.6 Å². The van der Waals surface area contributed by atoms with Crippen molar-refractivity contribution in [3.05, 3.63) is 63.5 Å². The fourth-order valence-corrected chi connectivity index (χ4v) is 2.57. The number of nitrogens with one attached hydrogen (secondary N) is 1. The maximum absolute atomic E-state index is 12.3. The molecule has 20 heavy (non-hydrogen) atoms. The van der Waals surface area contributed by atoms with Gasteiger partial charge in [0.15, 0.2) is 0 Å². The maximum atomic E-state index is 12.3. The minimum absolute atomic E-state index is 0.300. The number of para-hydroxylation sites is 1. The fraction of sp³-hybridized carbons (Fsp3) is 0.0667. The Kier molecular flexibility index (Phi) is 3.28. The van der Waals surface area contributed by atoms with E-state index in [4.69, 9.17) is 0 Å². The van der Waals surface area contributed by atoms with Gasteiger partial charge in [0.25, 0.3) is 0 Å². The Hall–Kier alpha value is -2.14. The first kappa shape index (κ1) is 12.9. The summed E-state index contributed by atoms with van der Waals surface area (Å²) in [6.45, 7) is 0. The van der Waals surface area contributed by atoms with E-state index in [0.29, 0.717) is 5.82 Å². The number of hydrogen-bond acceptors (Lipinski definition) is 3. The second-order valence-corrected chi connectivity index (χ2v) is 5.24. The molecule has 0 amide bonds. The number of fused-ring (bicyclic) bond motifs is 1. The van der Waals surface area contributed by atoms with Crippen LogP contribution in [-0.4, -0.2) is 16.6 Å². The van der Waals surface area contributed by atoms with Crippen LogP contribution in [0.1, 0.15) is 0 Å². The van der Waals surface area contributed by atoms with Gasteiger partial charge in [0, 0.05) is 16.9 Å². The molecule has 5 heteroatoms. The molecule has 100 valence electrons. The number of rotatable bonds is 2. The fourth-order valence-electron chi connectivity index (χ4n) is 2.22. The van der Waals surface area contributed by atoms with E-state index < -0.39 is 0 Å². The number of nitrogens with zero attached hydrogens (tertiary/aromatic N) is 2. The molecule has 0 aliphatic carbocycles. The van der Waals surface area contributed by atoms with Crippen LogP contribution >= 0.6 is 15.9 Å². The summed E-state index contributed by atoms with van der Waals surface area (Å²) in [6, 6.07) is 15.3. The number of hydrogen-bond donors (Lipinski definition) is 1. The molecule has 0 saturated heterocycles. The van der Waals surface area contributed by atoms with Crippen molar-refractivity contribution in [2.45, 2.75) is 0 Å². The molecule has 0 aliphatic heterocycles. The Balaban J connectivity index is 2.46. The third-order valence-electron chi connectivity index (χ3n) is 3.11. The molecule has 1 aromatic heterocycles. The van der Waals surface area contributed by atoms with Gasteiger partial charge in [-0.25, -0.2) is 4.79 Å². The van der Waals surface area contributed by atoms with E-state index in [1.807, 2.05) is 48.5 Å². The van der Waals surface area contributed by atoms with Gasteiger partial charge < -0.3 is 5.32 Å². The highest BCUT2D eigenvalue weighted by Gasteiger charge is 2.11. The molecular formula is C15H12BrN3O. The van der Waals surface area contributed by atoms with E-state index in [1.165, 1.54) is 0 Å². The van der Waals surface area contributed by atoms with Gasteiger partial charge in [0.1, 0.15) is 5.82 Å². The van der Waals surface area contributed by atoms with Crippen LogP contribution in [0.2, 0.25) is 0 Å². The van der Waals surface area contributed by atoms with E-state index in [-0.39, 0.29) is 5.69 Å². The van der Waals surface area contributed by atoms with Crippen LogP contribution in [0.15, 0.2) is 57.8 Å². The van der Waals surface area contributed by atoms with Crippen LogP contribution < -0.4 is 11.0 Å². The van der Waals surface area contributed by atoms with Crippen molar-refractivity contribution in [2.75, 3.05) is 12.4 Å². The minimum Gasteiger partial charge on any atom is -0.372 e. The summed E-state index contributed by atoms with van der Waals surface area (Å²) >= 11 is 3.45. The zero-order valence-corrected chi connectivity index (χ0v) is 12.4. The van der Waals surface area contributed by atoms with Crippen LogP contribution in [0.4, 0.5) is 5.82 Å². The van der Waals surface area contributed by atoms with Crippen molar-refractivity contribution >= 4 is 32.7 Å². The molecule has 1 heterocycles. The maximum Gasteiger partial charge on any atom is 0.354 e. The SMILES string of the molecule is CNc1nc(=O)n(-c2ccccc2)c2cc(Br)ccc12. The molecule has 0 atom stereocenters. The lowest BCUT2D eigenvalue weighted by molar-refractivity contribution is 0.961. The zero-order chi connectivity index (χ0) is 14.1. The second kappa shape index (κ2) is 5.09. The van der Waals surface area contributed by atoms with Gasteiger partial charge in [-0.05, 0) is 30.3 Å². The number of aromatic nitrogens is 2. The molecule has 0 fully saturated rings. The third-order valence-corrected chi connectivity index (χ3v) is 3.60. The molecule has 0 unspecified atom stereocenters. The summed E-state index contributed by atoms with van der Waals surface area (Å²) in [7, 11) is 1.76. The summed E-state index contributed by atoms with van der Waals surface area (Å²) in [5.74, 6) is 0.588. The van der Waals surface area contributed by atoms with E-state index in [1.54, 1.807) is 11.6 Å². The lowest BCUT2D eigenvalue weighted by atomic mass is 10.2. The lowest BCUT2D eigenvalue weighted by Gasteiger charge is -2.12. The van der Waals surface area contributed by atoms with E-state index >= 15 is 0 Å². The average Bonchev–Trinajstić information content (AvgIpc) is 2.47. The highest BCUT2D eigenvalue weighted by atomic mass is 79.9. The topological polar surface area (TPSA) is 46.9 Å². The molecule has 0 saturated carbocycles. The van der Waals surface area contributed by atoms with Crippen LogP contribution in [0.3, 0.4) is 0 Å². The lowest BCUT2D eigenvalue weighted by Crippen LogP contribution is -2.23. The first-order valence-electron chi connectivity index (χ1n) is 6.16. The van der Waals surface area contributed by atoms with Crippen LogP contribution in [0.5, 0.6) is 0 Å². The Morgan fingerprint density at radius 3 is 2.60 bits per heavy atom. The summed E-state index contributed by atoms with van der Waals surface area (Å²) in [6.07, 6.45) is 0. The molecular weight excluding hydrogens is 318 g/mol. The first-order chi connectivity index (χ1) is 9.70. The Morgan fingerprint density at radius 2 is 1.90 bits per heavy atom. The summed E-state index contributed by atoms with van der Waals surface area (Å²) < 4.78 is 2.53. The molecule has 1 N–H and O–H groups in total. The van der Waals surface area contributed by atoms with Gasteiger partial charge in [0.05, 0.1) is 11.2 Å². The quantitative estimate of drug-likeness (QED) is 0.785. The smallest absolute Gasteiger partial charge is 0.354 e. The second-order valence-electron chi connectivity index (χ2n) is 4.33. The molecule has 3 aromatic rings. The van der Waals surface area contributed by atoms with Crippen LogP contribution in [-0.2, 0) is 0 Å². The van der Waals surface area contributed by atoms with E-state index in [0.717, 1.165) is 21.1 Å². The molecule has 0 bridgehead atoms. The van der Waals surface area contributed by atoms with Crippen LogP contribution in [0, 0.1) is 0 Å². The largest absolute Gasteiger partial charge is 0.372 e. The van der Waals surface area contributed by atoms with Gasteiger partial charge in [0.2, 0.25) is 0 Å². The third kappa shape index (κ3) is 2.10. The molecule has 0 radical (unpaired) electrons. The highest BCUT2D eigenvalue weighted by molar-refractivity contribution is 9.10. The van der Waals surface area contributed by atoms with Gasteiger partial charge in [-0.15, -0.1) is 0 Å². The number of anilines is 1. The molecule has 0 spiro atoms. The zero-order valence-electron chi connectivity index (χ0n) is 10.8. The van der Waals surface area contributed by atoms with Gasteiger partial charge >= 0.3 is 5.69 Å². The summed E-state index contributed by atoms with van der Waals surface area (Å²) in [5, 5.41) is 3.87. The monoisotopic (exact) mass is 329 g/mol. The average molecular weight is 330 g/mol. The van der Waals surface area contributed by atoms with Gasteiger partial charge in [-0.2, -0.15) is 4.98 Å². The molecule has 4 nitrogen and oxygen atoms in total. The predicted molar refractivity (Wildman–Crippen MR) is 84.6 cm³/mol. The summed E-state index contributed by atoms with van der Waals surface area (Å²) in [5.41, 5.74) is 1.32. The predicted octanol–water partition coefficient (Wildman–Crippen LogP) is 3.19. The van der Waals surface area contributed by atoms with Crippen molar-refractivity contribution in [2.24, 2.45) is 0 Å². The van der Waals surface area contributed by atoms with E-state index in [9.17, 15) is 4.79 Å². The number of halogens is 1. The van der Waals surface area contributed by atoms with Crippen molar-refractivity contribution in [1.29, 1.82) is 0 Å². The van der Waals surface area contributed by atoms with Crippen molar-refractivity contribution in [3.8, 4) is 5.69 Å². The molecule has 3 rings (SSSR count). The Bertz CT molecular complexity index is 828. The highest BCUT2D eigenvalue weighted by Crippen LogP contribution is 2.25. The van der Waals surface area contributed by atoms with Crippen molar-refractivity contribution in [1.82, 2.24) is 9.55 Å². The number of benzene rings is 2. The van der Waals surface area contributed by atoms with Crippen molar-refractivity contribution < 1.29 is 0 Å². The normalized spacial score (nSPS) is 10.7. The Morgan fingerprint density at radius 1 is 1.15 bits per heavy atom. The van der Waals surface area contributed by atoms with Gasteiger partial charge in [-0.1, -0.05) is 34.1 Å². The Labute approximate surface area is 124 Å². The standard InChI is InChI=1S/C15H12BrN3O/c1-17-14-12-8-7-10(16)9-13(12)19(15(20)18-14)11-5-3-2-4-6-11/h2-9H,1H3,(H,17,18,20). The van der Waals surface area contributed by atoms with Crippen molar-refractivity contribution in [3.63, 3.8) is 0 Å². The first-order valence-corrected chi connectivity index (χ1v) is 6.95. The minimum atomic E-state index is -0.300.